The Morgan fingerprint density at radius 2 is 2.29 bits per heavy atom. The average molecular weight is 313 g/mol. The van der Waals surface area contributed by atoms with Crippen molar-refractivity contribution >= 4 is 32.4 Å². The third-order valence-electron chi connectivity index (χ3n) is 3.07. The fourth-order valence-electron chi connectivity index (χ4n) is 2.33. The van der Waals surface area contributed by atoms with Crippen molar-refractivity contribution < 1.29 is 4.39 Å². The third-order valence-corrected chi connectivity index (χ3v) is 4.80. The van der Waals surface area contributed by atoms with Gasteiger partial charge in [0, 0.05) is 15.3 Å². The molecule has 3 rings (SSSR count). The SMILES string of the molecule is Nc1nc2c(s1)C(c1ccc(F)cc1Br)CC2. The van der Waals surface area contributed by atoms with Crippen LogP contribution >= 0.6 is 27.3 Å². The summed E-state index contributed by atoms with van der Waals surface area (Å²) < 4.78 is 13.9. The number of thiazole rings is 1. The van der Waals surface area contributed by atoms with Crippen LogP contribution in [0, 0.1) is 5.82 Å². The molecule has 0 radical (unpaired) electrons. The van der Waals surface area contributed by atoms with E-state index in [2.05, 4.69) is 20.9 Å². The second-order valence-electron chi connectivity index (χ2n) is 4.12. The molecule has 0 bridgehead atoms. The quantitative estimate of drug-likeness (QED) is 0.872. The minimum atomic E-state index is -0.220. The van der Waals surface area contributed by atoms with Crippen molar-refractivity contribution in [2.24, 2.45) is 0 Å². The van der Waals surface area contributed by atoms with Gasteiger partial charge < -0.3 is 5.73 Å². The lowest BCUT2D eigenvalue weighted by Gasteiger charge is -2.12. The van der Waals surface area contributed by atoms with E-state index in [1.807, 2.05) is 6.07 Å². The van der Waals surface area contributed by atoms with E-state index in [9.17, 15) is 4.39 Å². The number of halogens is 2. The number of nitrogen functional groups attached to an aromatic ring is 1. The number of fused-ring (bicyclic) bond motifs is 1. The van der Waals surface area contributed by atoms with Gasteiger partial charge in [-0.2, -0.15) is 0 Å². The Balaban J connectivity index is 2.06. The predicted octanol–water partition coefficient (Wildman–Crippen LogP) is 3.71. The summed E-state index contributed by atoms with van der Waals surface area (Å²) in [7, 11) is 0. The van der Waals surface area contributed by atoms with Gasteiger partial charge in [0.25, 0.3) is 0 Å². The molecule has 0 amide bonds. The van der Waals surface area contributed by atoms with Gasteiger partial charge >= 0.3 is 0 Å². The summed E-state index contributed by atoms with van der Waals surface area (Å²) in [5.74, 6) is 0.0810. The maximum atomic E-state index is 13.1. The molecule has 1 unspecified atom stereocenters. The topological polar surface area (TPSA) is 38.9 Å². The molecular weight excluding hydrogens is 303 g/mol. The van der Waals surface area contributed by atoms with Gasteiger partial charge in [-0.15, -0.1) is 11.3 Å². The molecule has 0 saturated heterocycles. The molecule has 1 aliphatic carbocycles. The second-order valence-corrected chi connectivity index (χ2v) is 6.04. The monoisotopic (exact) mass is 312 g/mol. The van der Waals surface area contributed by atoms with Crippen molar-refractivity contribution in [2.45, 2.75) is 18.8 Å². The normalized spacial score (nSPS) is 18.4. The van der Waals surface area contributed by atoms with Crippen LogP contribution in [0.2, 0.25) is 0 Å². The fourth-order valence-corrected chi connectivity index (χ4v) is 3.99. The molecule has 2 aromatic rings. The van der Waals surface area contributed by atoms with Gasteiger partial charge in [0.1, 0.15) is 5.82 Å². The van der Waals surface area contributed by atoms with Crippen LogP contribution in [-0.4, -0.2) is 4.98 Å². The van der Waals surface area contributed by atoms with Crippen molar-refractivity contribution in [3.8, 4) is 0 Å². The van der Waals surface area contributed by atoms with E-state index in [1.54, 1.807) is 11.3 Å². The van der Waals surface area contributed by atoms with Crippen molar-refractivity contribution in [3.05, 3.63) is 44.6 Å². The molecular formula is C12H10BrFN2S. The zero-order chi connectivity index (χ0) is 12.0. The summed E-state index contributed by atoms with van der Waals surface area (Å²) in [6, 6.07) is 4.86. The Labute approximate surface area is 111 Å². The summed E-state index contributed by atoms with van der Waals surface area (Å²) in [6.07, 6.45) is 1.98. The molecule has 17 heavy (non-hydrogen) atoms. The Kier molecular flexibility index (Phi) is 2.67. The molecule has 1 aromatic carbocycles. The summed E-state index contributed by atoms with van der Waals surface area (Å²) in [5, 5.41) is 0.623. The van der Waals surface area contributed by atoms with Gasteiger partial charge in [-0.05, 0) is 30.5 Å². The first-order valence-corrected chi connectivity index (χ1v) is 6.96. The first-order valence-electron chi connectivity index (χ1n) is 5.35. The van der Waals surface area contributed by atoms with Crippen LogP contribution in [0.25, 0.3) is 0 Å². The van der Waals surface area contributed by atoms with E-state index in [0.29, 0.717) is 11.0 Å². The molecule has 0 saturated carbocycles. The maximum Gasteiger partial charge on any atom is 0.180 e. The molecule has 1 heterocycles. The number of hydrogen-bond donors (Lipinski definition) is 1. The maximum absolute atomic E-state index is 13.1. The number of rotatable bonds is 1. The van der Waals surface area contributed by atoms with Crippen LogP contribution in [-0.2, 0) is 6.42 Å². The summed E-state index contributed by atoms with van der Waals surface area (Å²) >= 11 is 4.97. The highest BCUT2D eigenvalue weighted by Crippen LogP contribution is 2.44. The molecule has 0 fully saturated rings. The summed E-state index contributed by atoms with van der Waals surface area (Å²) in [6.45, 7) is 0. The lowest BCUT2D eigenvalue weighted by atomic mass is 9.98. The second kappa shape index (κ2) is 4.07. The highest BCUT2D eigenvalue weighted by molar-refractivity contribution is 9.10. The zero-order valence-corrected chi connectivity index (χ0v) is 11.3. The van der Waals surface area contributed by atoms with Gasteiger partial charge in [-0.1, -0.05) is 22.0 Å². The van der Waals surface area contributed by atoms with Crippen LogP contribution in [0.4, 0.5) is 9.52 Å². The van der Waals surface area contributed by atoms with Crippen molar-refractivity contribution in [1.82, 2.24) is 4.98 Å². The van der Waals surface area contributed by atoms with E-state index >= 15 is 0 Å². The van der Waals surface area contributed by atoms with Crippen LogP contribution in [0.3, 0.4) is 0 Å². The number of nitrogens with zero attached hydrogens (tertiary/aromatic N) is 1. The van der Waals surface area contributed by atoms with Gasteiger partial charge in [0.2, 0.25) is 0 Å². The number of aromatic nitrogens is 1. The van der Waals surface area contributed by atoms with Gasteiger partial charge in [0.15, 0.2) is 5.13 Å². The van der Waals surface area contributed by atoms with Crippen molar-refractivity contribution in [2.75, 3.05) is 5.73 Å². The molecule has 1 aromatic heterocycles. The average Bonchev–Trinajstić information content (AvgIpc) is 2.78. The molecule has 0 aliphatic heterocycles. The molecule has 2 N–H and O–H groups in total. The van der Waals surface area contributed by atoms with Crippen LogP contribution in [0.5, 0.6) is 0 Å². The molecule has 0 spiro atoms. The molecule has 1 aliphatic rings. The fraction of sp³-hybridized carbons (Fsp3) is 0.250. The first kappa shape index (κ1) is 11.2. The van der Waals surface area contributed by atoms with Gasteiger partial charge in [0.05, 0.1) is 5.69 Å². The summed E-state index contributed by atoms with van der Waals surface area (Å²) in [5.41, 5.74) is 7.95. The lowest BCUT2D eigenvalue weighted by Crippen LogP contribution is -1.96. The Morgan fingerprint density at radius 1 is 1.47 bits per heavy atom. The number of hydrogen-bond acceptors (Lipinski definition) is 3. The highest BCUT2D eigenvalue weighted by atomic mass is 79.9. The van der Waals surface area contributed by atoms with E-state index in [0.717, 1.165) is 28.6 Å². The van der Waals surface area contributed by atoms with Gasteiger partial charge in [-0.3, -0.25) is 0 Å². The van der Waals surface area contributed by atoms with Crippen LogP contribution in [0.15, 0.2) is 22.7 Å². The number of aryl methyl sites for hydroxylation is 1. The predicted molar refractivity (Wildman–Crippen MR) is 70.8 cm³/mol. The summed E-state index contributed by atoms with van der Waals surface area (Å²) in [4.78, 5) is 5.55. The van der Waals surface area contributed by atoms with E-state index in [4.69, 9.17) is 5.73 Å². The molecule has 88 valence electrons. The standard InChI is InChI=1S/C12H10BrFN2S/c13-9-5-6(14)1-2-7(9)8-3-4-10-11(8)17-12(15)16-10/h1-2,5,8H,3-4H2,(H2,15,16). The van der Waals surface area contributed by atoms with Crippen molar-refractivity contribution in [1.29, 1.82) is 0 Å². The van der Waals surface area contributed by atoms with Crippen molar-refractivity contribution in [3.63, 3.8) is 0 Å². The number of nitrogens with two attached hydrogens (primary N) is 1. The van der Waals surface area contributed by atoms with Crippen LogP contribution < -0.4 is 5.73 Å². The first-order chi connectivity index (χ1) is 8.15. The zero-order valence-electron chi connectivity index (χ0n) is 8.91. The minimum Gasteiger partial charge on any atom is -0.375 e. The molecule has 5 heteroatoms. The number of anilines is 1. The smallest absolute Gasteiger partial charge is 0.180 e. The van der Waals surface area contributed by atoms with Gasteiger partial charge in [-0.25, -0.2) is 9.37 Å². The Hall–Kier alpha value is -0.940. The Morgan fingerprint density at radius 3 is 3.06 bits per heavy atom. The Bertz CT molecular complexity index is 582. The number of benzene rings is 1. The molecule has 1 atom stereocenters. The molecule has 2 nitrogen and oxygen atoms in total. The van der Waals surface area contributed by atoms with E-state index < -0.39 is 0 Å². The minimum absolute atomic E-state index is 0.220. The largest absolute Gasteiger partial charge is 0.375 e. The van der Waals surface area contributed by atoms with E-state index in [-0.39, 0.29) is 5.82 Å². The van der Waals surface area contributed by atoms with Crippen LogP contribution in [0.1, 0.15) is 28.5 Å². The lowest BCUT2D eigenvalue weighted by molar-refractivity contribution is 0.625. The highest BCUT2D eigenvalue weighted by Gasteiger charge is 2.29. The third kappa shape index (κ3) is 1.87. The van der Waals surface area contributed by atoms with E-state index in [1.165, 1.54) is 17.0 Å².